The van der Waals surface area contributed by atoms with Crippen molar-refractivity contribution in [2.45, 2.75) is 32.1 Å². The second kappa shape index (κ2) is 6.91. The number of ether oxygens (including phenoxy) is 1. The molecular formula is C17H20FN3O2. The summed E-state index contributed by atoms with van der Waals surface area (Å²) in [6.45, 7) is 3.49. The molecule has 2 heterocycles. The summed E-state index contributed by atoms with van der Waals surface area (Å²) in [6.07, 6.45) is 4.20. The molecule has 122 valence electrons. The van der Waals surface area contributed by atoms with Gasteiger partial charge in [0.25, 0.3) is 0 Å². The van der Waals surface area contributed by atoms with Gasteiger partial charge in [-0.3, -0.25) is 9.48 Å². The van der Waals surface area contributed by atoms with Gasteiger partial charge in [-0.2, -0.15) is 5.10 Å². The van der Waals surface area contributed by atoms with Crippen molar-refractivity contribution in [3.8, 4) is 0 Å². The van der Waals surface area contributed by atoms with Crippen molar-refractivity contribution in [3.63, 3.8) is 0 Å². The minimum absolute atomic E-state index is 0.0114. The van der Waals surface area contributed by atoms with Gasteiger partial charge in [0.1, 0.15) is 11.9 Å². The van der Waals surface area contributed by atoms with Crippen LogP contribution in [0.15, 0.2) is 42.7 Å². The topological polar surface area (TPSA) is 47.4 Å². The van der Waals surface area contributed by atoms with Crippen LogP contribution in [0.5, 0.6) is 0 Å². The summed E-state index contributed by atoms with van der Waals surface area (Å²) in [4.78, 5) is 14.3. The number of hydrogen-bond acceptors (Lipinski definition) is 3. The van der Waals surface area contributed by atoms with E-state index in [1.807, 2.05) is 25.3 Å². The fourth-order valence-electron chi connectivity index (χ4n) is 2.71. The Kier molecular flexibility index (Phi) is 4.71. The molecule has 6 heteroatoms. The number of halogens is 1. The fourth-order valence-corrected chi connectivity index (χ4v) is 2.71. The molecule has 5 nitrogen and oxygen atoms in total. The van der Waals surface area contributed by atoms with E-state index in [9.17, 15) is 9.18 Å². The van der Waals surface area contributed by atoms with E-state index in [-0.39, 0.29) is 23.9 Å². The predicted octanol–water partition coefficient (Wildman–Crippen LogP) is 2.40. The number of likely N-dealkylation sites (tertiary alicyclic amines) is 1. The normalized spacial score (nSPS) is 16.2. The first-order valence-corrected chi connectivity index (χ1v) is 7.81. The number of aromatic nitrogens is 2. The lowest BCUT2D eigenvalue weighted by Crippen LogP contribution is -2.56. The highest BCUT2D eigenvalue weighted by Crippen LogP contribution is 2.21. The molecule has 1 aliphatic rings. The van der Waals surface area contributed by atoms with E-state index in [0.29, 0.717) is 26.1 Å². The number of carbonyl (C=O) groups excluding carboxylic acids is 1. The third-order valence-electron chi connectivity index (χ3n) is 4.05. The van der Waals surface area contributed by atoms with Crippen LogP contribution in [0.3, 0.4) is 0 Å². The minimum Gasteiger partial charge on any atom is -0.370 e. The Labute approximate surface area is 134 Å². The van der Waals surface area contributed by atoms with Crippen LogP contribution in [0.2, 0.25) is 0 Å². The number of rotatable bonds is 6. The highest BCUT2D eigenvalue weighted by Gasteiger charge is 2.35. The highest BCUT2D eigenvalue weighted by atomic mass is 19.1. The molecule has 1 amide bonds. The molecule has 0 unspecified atom stereocenters. The molecule has 1 aromatic carbocycles. The van der Waals surface area contributed by atoms with Crippen molar-refractivity contribution < 1.29 is 13.9 Å². The van der Waals surface area contributed by atoms with E-state index < -0.39 is 0 Å². The van der Waals surface area contributed by atoms with Gasteiger partial charge in [0, 0.05) is 25.5 Å². The second-order valence-electron chi connectivity index (χ2n) is 5.72. The predicted molar refractivity (Wildman–Crippen MR) is 83.1 cm³/mol. The Morgan fingerprint density at radius 3 is 2.91 bits per heavy atom. The quantitative estimate of drug-likeness (QED) is 0.822. The first-order valence-electron chi connectivity index (χ1n) is 7.81. The molecule has 0 saturated carbocycles. The molecule has 0 bridgehead atoms. The lowest BCUT2D eigenvalue weighted by molar-refractivity contribution is -0.149. The van der Waals surface area contributed by atoms with Crippen LogP contribution < -0.4 is 0 Å². The van der Waals surface area contributed by atoms with Crippen LogP contribution in [-0.2, 0) is 16.1 Å². The number of carbonyl (C=O) groups is 1. The van der Waals surface area contributed by atoms with Crippen molar-refractivity contribution in [3.05, 3.63) is 54.1 Å². The van der Waals surface area contributed by atoms with Gasteiger partial charge in [-0.15, -0.1) is 0 Å². The molecule has 1 aromatic heterocycles. The molecule has 1 fully saturated rings. The average molecular weight is 317 g/mol. The number of hydrogen-bond donors (Lipinski definition) is 0. The van der Waals surface area contributed by atoms with Gasteiger partial charge < -0.3 is 9.64 Å². The van der Waals surface area contributed by atoms with Crippen molar-refractivity contribution in [2.75, 3.05) is 13.1 Å². The van der Waals surface area contributed by atoms with E-state index in [4.69, 9.17) is 4.74 Å². The maximum absolute atomic E-state index is 13.1. The summed E-state index contributed by atoms with van der Waals surface area (Å²) in [6, 6.07) is 7.93. The molecule has 3 rings (SSSR count). The number of nitrogens with zero attached hydrogens (tertiary/aromatic N) is 3. The number of amides is 1. The van der Waals surface area contributed by atoms with E-state index >= 15 is 0 Å². The minimum atomic E-state index is -0.262. The lowest BCUT2D eigenvalue weighted by Gasteiger charge is -2.40. The highest BCUT2D eigenvalue weighted by molar-refractivity contribution is 5.81. The van der Waals surface area contributed by atoms with E-state index in [2.05, 4.69) is 5.10 Å². The SMILES string of the molecule is CC[C@H](C(=O)N1CC(OCc2cccc(F)c2)C1)n1cccn1. The lowest BCUT2D eigenvalue weighted by atomic mass is 10.1. The van der Waals surface area contributed by atoms with Crippen molar-refractivity contribution in [1.29, 1.82) is 0 Å². The maximum Gasteiger partial charge on any atom is 0.247 e. The molecule has 0 N–H and O–H groups in total. The smallest absolute Gasteiger partial charge is 0.247 e. The largest absolute Gasteiger partial charge is 0.370 e. The summed E-state index contributed by atoms with van der Waals surface area (Å²) >= 11 is 0. The summed E-state index contributed by atoms with van der Waals surface area (Å²) in [5, 5.41) is 4.15. The maximum atomic E-state index is 13.1. The molecule has 2 aromatic rings. The van der Waals surface area contributed by atoms with Crippen molar-refractivity contribution in [2.24, 2.45) is 0 Å². The summed E-state index contributed by atoms with van der Waals surface area (Å²) in [7, 11) is 0. The van der Waals surface area contributed by atoms with Crippen LogP contribution in [0.4, 0.5) is 4.39 Å². The second-order valence-corrected chi connectivity index (χ2v) is 5.72. The Bertz CT molecular complexity index is 654. The van der Waals surface area contributed by atoms with Gasteiger partial charge in [0.05, 0.1) is 12.7 Å². The van der Waals surface area contributed by atoms with Crippen LogP contribution in [0.1, 0.15) is 24.9 Å². The van der Waals surface area contributed by atoms with Gasteiger partial charge in [-0.25, -0.2) is 4.39 Å². The molecule has 0 spiro atoms. The zero-order chi connectivity index (χ0) is 16.2. The van der Waals surface area contributed by atoms with E-state index in [1.54, 1.807) is 21.8 Å². The van der Waals surface area contributed by atoms with Gasteiger partial charge >= 0.3 is 0 Å². The standard InChI is InChI=1S/C17H20FN3O2/c1-2-16(21-8-4-7-19-21)17(22)20-10-15(11-20)23-12-13-5-3-6-14(18)9-13/h3-9,15-16H,2,10-12H2,1H3/t16-/m1/s1. The molecule has 23 heavy (non-hydrogen) atoms. The molecule has 0 aliphatic carbocycles. The zero-order valence-electron chi connectivity index (χ0n) is 13.1. The van der Waals surface area contributed by atoms with E-state index in [0.717, 1.165) is 5.56 Å². The first-order chi connectivity index (χ1) is 11.2. The van der Waals surface area contributed by atoms with Gasteiger partial charge in [-0.05, 0) is 30.2 Å². The summed E-state index contributed by atoms with van der Waals surface area (Å²) < 4.78 is 20.5. The van der Waals surface area contributed by atoms with E-state index in [1.165, 1.54) is 12.1 Å². The third-order valence-corrected chi connectivity index (χ3v) is 4.05. The van der Waals surface area contributed by atoms with Crippen molar-refractivity contribution >= 4 is 5.91 Å². The Morgan fingerprint density at radius 2 is 2.26 bits per heavy atom. The molecule has 1 atom stereocenters. The molecule has 1 saturated heterocycles. The van der Waals surface area contributed by atoms with Gasteiger partial charge in [-0.1, -0.05) is 19.1 Å². The Hall–Kier alpha value is -2.21. The zero-order valence-corrected chi connectivity index (χ0v) is 13.1. The van der Waals surface area contributed by atoms with Crippen LogP contribution in [0, 0.1) is 5.82 Å². The first kappa shape index (κ1) is 15.7. The fraction of sp³-hybridized carbons (Fsp3) is 0.412. The van der Waals surface area contributed by atoms with Crippen LogP contribution in [0.25, 0.3) is 0 Å². The van der Waals surface area contributed by atoms with Crippen LogP contribution >= 0.6 is 0 Å². The molecule has 1 aliphatic heterocycles. The Morgan fingerprint density at radius 1 is 1.43 bits per heavy atom. The van der Waals surface area contributed by atoms with Gasteiger partial charge in [0.2, 0.25) is 5.91 Å². The van der Waals surface area contributed by atoms with Crippen molar-refractivity contribution in [1.82, 2.24) is 14.7 Å². The Balaban J connectivity index is 1.48. The summed E-state index contributed by atoms with van der Waals surface area (Å²) in [5.74, 6) is -0.191. The average Bonchev–Trinajstić information content (AvgIpc) is 3.00. The number of benzene rings is 1. The molecule has 0 radical (unpaired) electrons. The van der Waals surface area contributed by atoms with Gasteiger partial charge in [0.15, 0.2) is 0 Å². The summed E-state index contributed by atoms with van der Waals surface area (Å²) in [5.41, 5.74) is 0.803. The molecular weight excluding hydrogens is 297 g/mol. The monoisotopic (exact) mass is 317 g/mol. The van der Waals surface area contributed by atoms with Crippen LogP contribution in [-0.4, -0.2) is 39.8 Å². The third kappa shape index (κ3) is 3.59.